The Morgan fingerprint density at radius 2 is 2.11 bits per heavy atom. The van der Waals surface area contributed by atoms with Gasteiger partial charge < -0.3 is 15.4 Å². The molecule has 10 nitrogen and oxygen atoms in total. The van der Waals surface area contributed by atoms with E-state index in [-0.39, 0.29) is 36.3 Å². The number of morpholine rings is 1. The summed E-state index contributed by atoms with van der Waals surface area (Å²) < 4.78 is 5.57. The van der Waals surface area contributed by atoms with Gasteiger partial charge in [0, 0.05) is 53.6 Å². The second-order valence-electron chi connectivity index (χ2n) is 8.38. The van der Waals surface area contributed by atoms with Crippen LogP contribution in [-0.2, 0) is 17.6 Å². The minimum Gasteiger partial charge on any atom is -0.382 e. The highest BCUT2D eigenvalue weighted by molar-refractivity contribution is 6.00. The molecule has 1 saturated heterocycles. The van der Waals surface area contributed by atoms with E-state index in [9.17, 15) is 4.79 Å². The molecule has 0 radical (unpaired) electrons. The van der Waals surface area contributed by atoms with Crippen LogP contribution in [-0.4, -0.2) is 53.1 Å². The van der Waals surface area contributed by atoms with Crippen LogP contribution in [0.4, 0.5) is 11.5 Å². The zero-order valence-corrected chi connectivity index (χ0v) is 19.7. The number of ether oxygens (including phenoxy) is 1. The number of hydrogen-bond acceptors (Lipinski definition) is 8. The molecule has 0 bridgehead atoms. The summed E-state index contributed by atoms with van der Waals surface area (Å²) in [5.74, 6) is -0.145. The van der Waals surface area contributed by atoms with E-state index in [1.807, 2.05) is 18.2 Å². The van der Waals surface area contributed by atoms with Gasteiger partial charge in [-0.1, -0.05) is 42.7 Å². The van der Waals surface area contributed by atoms with Crippen LogP contribution in [0.3, 0.4) is 0 Å². The fraction of sp³-hybridized carbons (Fsp3) is 0.360. The van der Waals surface area contributed by atoms with Crippen LogP contribution in [0.25, 0.3) is 21.7 Å². The molecule has 180 valence electrons. The highest BCUT2D eigenvalue weighted by Crippen LogP contribution is 2.26. The Morgan fingerprint density at radius 3 is 2.89 bits per heavy atom. The van der Waals surface area contributed by atoms with Crippen molar-refractivity contribution in [1.29, 1.82) is 0 Å². The van der Waals surface area contributed by atoms with Crippen molar-refractivity contribution in [2.45, 2.75) is 32.2 Å². The first-order valence-electron chi connectivity index (χ1n) is 11.6. The monoisotopic (exact) mass is 472 g/mol. The van der Waals surface area contributed by atoms with Crippen molar-refractivity contribution in [2.24, 2.45) is 5.11 Å². The first-order valence-corrected chi connectivity index (χ1v) is 11.6. The molecule has 4 rings (SSSR count). The molecular weight excluding hydrogens is 444 g/mol. The van der Waals surface area contributed by atoms with E-state index in [1.54, 1.807) is 18.6 Å². The minimum absolute atomic E-state index is 0.0620. The smallest absolute Gasteiger partial charge is 0.189 e. The maximum atomic E-state index is 13.3. The number of aryl methyl sites for hydroxylation is 1. The Kier molecular flexibility index (Phi) is 7.87. The molecule has 2 aromatic heterocycles. The SMILES string of the molecule is CCCc1ccc(-c2cnc(N)c(C(=O)Cc3cnccc3N3CCOCC3CN=[N+]=[N-])n2)cc1. The van der Waals surface area contributed by atoms with Crippen molar-refractivity contribution in [3.05, 3.63) is 76.2 Å². The van der Waals surface area contributed by atoms with Crippen LogP contribution in [0, 0.1) is 0 Å². The molecule has 0 spiro atoms. The van der Waals surface area contributed by atoms with Gasteiger partial charge in [0.2, 0.25) is 0 Å². The minimum atomic E-state index is -0.242. The van der Waals surface area contributed by atoms with E-state index in [0.717, 1.165) is 29.7 Å². The van der Waals surface area contributed by atoms with Crippen molar-refractivity contribution < 1.29 is 9.53 Å². The highest BCUT2D eigenvalue weighted by atomic mass is 16.5. The maximum absolute atomic E-state index is 13.3. The first kappa shape index (κ1) is 24.1. The Balaban J connectivity index is 1.59. The van der Waals surface area contributed by atoms with Crippen LogP contribution >= 0.6 is 0 Å². The van der Waals surface area contributed by atoms with Crippen molar-refractivity contribution in [2.75, 3.05) is 36.9 Å². The van der Waals surface area contributed by atoms with E-state index < -0.39 is 0 Å². The highest BCUT2D eigenvalue weighted by Gasteiger charge is 2.26. The number of rotatable bonds is 9. The summed E-state index contributed by atoms with van der Waals surface area (Å²) in [4.78, 5) is 31.3. The number of azide groups is 1. The molecule has 3 heterocycles. The molecule has 3 aromatic rings. The van der Waals surface area contributed by atoms with Gasteiger partial charge in [-0.2, -0.15) is 0 Å². The lowest BCUT2D eigenvalue weighted by Crippen LogP contribution is -2.47. The summed E-state index contributed by atoms with van der Waals surface area (Å²) in [7, 11) is 0. The maximum Gasteiger partial charge on any atom is 0.189 e. The van der Waals surface area contributed by atoms with Gasteiger partial charge in [0.15, 0.2) is 11.6 Å². The summed E-state index contributed by atoms with van der Waals surface area (Å²) >= 11 is 0. The van der Waals surface area contributed by atoms with Crippen molar-refractivity contribution >= 4 is 17.3 Å². The van der Waals surface area contributed by atoms with Gasteiger partial charge >= 0.3 is 0 Å². The third-order valence-corrected chi connectivity index (χ3v) is 5.97. The molecule has 0 amide bonds. The standard InChI is InChI=1S/C25H28N8O2/c1-2-3-17-4-6-18(7-5-17)21-15-29-25(26)24(31-21)23(34)12-19-13-28-9-8-22(19)33-10-11-35-16-20(33)14-30-32-27/h4-9,13,15,20H,2-3,10-12,14,16H2,1H3,(H2,26,29). The second kappa shape index (κ2) is 11.4. The largest absolute Gasteiger partial charge is 0.382 e. The van der Waals surface area contributed by atoms with E-state index in [0.29, 0.717) is 25.5 Å². The van der Waals surface area contributed by atoms with Crippen LogP contribution < -0.4 is 10.6 Å². The number of anilines is 2. The Labute approximate surface area is 203 Å². The van der Waals surface area contributed by atoms with Crippen molar-refractivity contribution in [1.82, 2.24) is 15.0 Å². The molecular formula is C25H28N8O2. The summed E-state index contributed by atoms with van der Waals surface area (Å²) in [5, 5.41) is 3.72. The number of ketones is 1. The fourth-order valence-electron chi connectivity index (χ4n) is 4.22. The van der Waals surface area contributed by atoms with E-state index in [2.05, 4.69) is 48.9 Å². The summed E-state index contributed by atoms with van der Waals surface area (Å²) in [6.07, 6.45) is 7.09. The topological polar surface area (TPSA) is 143 Å². The van der Waals surface area contributed by atoms with E-state index in [4.69, 9.17) is 16.0 Å². The molecule has 1 aliphatic heterocycles. The van der Waals surface area contributed by atoms with Gasteiger partial charge in [0.05, 0.1) is 31.1 Å². The third-order valence-electron chi connectivity index (χ3n) is 5.97. The molecule has 0 aliphatic carbocycles. The molecule has 35 heavy (non-hydrogen) atoms. The van der Waals surface area contributed by atoms with Crippen LogP contribution in [0.1, 0.15) is 35.0 Å². The lowest BCUT2D eigenvalue weighted by atomic mass is 10.0. The van der Waals surface area contributed by atoms with Gasteiger partial charge in [0.1, 0.15) is 5.69 Å². The summed E-state index contributed by atoms with van der Waals surface area (Å²) in [6, 6.07) is 9.84. The molecule has 1 aromatic carbocycles. The number of nitrogen functional groups attached to an aromatic ring is 1. The molecule has 0 saturated carbocycles. The molecule has 1 atom stereocenters. The van der Waals surface area contributed by atoms with E-state index >= 15 is 0 Å². The van der Waals surface area contributed by atoms with Gasteiger partial charge in [-0.15, -0.1) is 0 Å². The lowest BCUT2D eigenvalue weighted by molar-refractivity contribution is 0.0959. The first-order chi connectivity index (χ1) is 17.1. The Bertz CT molecular complexity index is 1220. The van der Waals surface area contributed by atoms with Crippen LogP contribution in [0.15, 0.2) is 54.0 Å². The molecule has 1 unspecified atom stereocenters. The lowest BCUT2D eigenvalue weighted by Gasteiger charge is -2.37. The van der Waals surface area contributed by atoms with Crippen LogP contribution in [0.2, 0.25) is 0 Å². The average molecular weight is 473 g/mol. The van der Waals surface area contributed by atoms with Gasteiger partial charge in [-0.05, 0) is 23.6 Å². The predicted octanol–water partition coefficient (Wildman–Crippen LogP) is 4.01. The number of Topliss-reactive ketones (excluding diaryl/α,β-unsaturated/α-hetero) is 1. The average Bonchev–Trinajstić information content (AvgIpc) is 2.89. The number of carbonyl (C=O) groups is 1. The zero-order chi connectivity index (χ0) is 24.6. The quantitative estimate of drug-likeness (QED) is 0.214. The van der Waals surface area contributed by atoms with Crippen molar-refractivity contribution in [3.63, 3.8) is 0 Å². The molecule has 10 heteroatoms. The van der Waals surface area contributed by atoms with Crippen molar-refractivity contribution in [3.8, 4) is 11.3 Å². The van der Waals surface area contributed by atoms with Gasteiger partial charge in [-0.3, -0.25) is 9.78 Å². The van der Waals surface area contributed by atoms with Gasteiger partial charge in [0.25, 0.3) is 0 Å². The summed E-state index contributed by atoms with van der Waals surface area (Å²) in [5.41, 5.74) is 19.3. The third kappa shape index (κ3) is 5.74. The normalized spacial score (nSPS) is 15.5. The van der Waals surface area contributed by atoms with Gasteiger partial charge in [-0.25, -0.2) is 9.97 Å². The Morgan fingerprint density at radius 1 is 1.29 bits per heavy atom. The number of pyridine rings is 1. The summed E-state index contributed by atoms with van der Waals surface area (Å²) in [6.45, 7) is 4.00. The number of nitrogens with two attached hydrogens (primary N) is 1. The number of carbonyl (C=O) groups excluding carboxylic acids is 1. The molecule has 1 aliphatic rings. The van der Waals surface area contributed by atoms with E-state index in [1.165, 1.54) is 5.56 Å². The zero-order valence-electron chi connectivity index (χ0n) is 19.7. The second-order valence-corrected chi connectivity index (χ2v) is 8.38. The molecule has 2 N–H and O–H groups in total. The number of aromatic nitrogens is 3. The number of benzene rings is 1. The number of nitrogens with zero attached hydrogens (tertiary/aromatic N) is 7. The fourth-order valence-corrected chi connectivity index (χ4v) is 4.22. The molecule has 1 fully saturated rings. The Hall–Kier alpha value is -4.01. The van der Waals surface area contributed by atoms with Crippen LogP contribution in [0.5, 0.6) is 0 Å². The number of hydrogen-bond donors (Lipinski definition) is 1. The predicted molar refractivity (Wildman–Crippen MR) is 134 cm³/mol.